The van der Waals surface area contributed by atoms with E-state index in [1.54, 1.807) is 12.1 Å². The number of amides is 2. The van der Waals surface area contributed by atoms with Crippen molar-refractivity contribution in [2.75, 3.05) is 16.8 Å². The topological polar surface area (TPSA) is 61.8 Å². The van der Waals surface area contributed by atoms with Gasteiger partial charge < -0.3 is 10.2 Å². The zero-order valence-corrected chi connectivity index (χ0v) is 14.1. The van der Waals surface area contributed by atoms with Gasteiger partial charge in [-0.25, -0.2) is 4.39 Å². The Morgan fingerprint density at radius 2 is 2.08 bits per heavy atom. The molecule has 0 spiro atoms. The Labute approximate surface area is 150 Å². The van der Waals surface area contributed by atoms with Gasteiger partial charge in [-0.15, -0.1) is 0 Å². The summed E-state index contributed by atoms with van der Waals surface area (Å²) >= 11 is 0. The second kappa shape index (κ2) is 6.71. The molecule has 1 saturated carbocycles. The van der Waals surface area contributed by atoms with Crippen molar-refractivity contribution in [2.24, 2.45) is 10.9 Å². The van der Waals surface area contributed by atoms with E-state index in [1.165, 1.54) is 23.1 Å². The molecule has 6 heteroatoms. The zero-order valence-electron chi connectivity index (χ0n) is 14.1. The number of hydrogen-bond acceptors (Lipinski definition) is 3. The average molecular weight is 351 g/mol. The summed E-state index contributed by atoms with van der Waals surface area (Å²) in [5, 5.41) is 2.65. The number of benzene rings is 2. The van der Waals surface area contributed by atoms with Crippen molar-refractivity contribution in [1.29, 1.82) is 0 Å². The number of nitrogens with one attached hydrogen (secondary N) is 1. The molecule has 0 radical (unpaired) electrons. The van der Waals surface area contributed by atoms with Gasteiger partial charge in [0.05, 0.1) is 17.3 Å². The molecule has 1 heterocycles. The van der Waals surface area contributed by atoms with Crippen LogP contribution < -0.4 is 10.2 Å². The molecule has 1 aliphatic heterocycles. The number of aliphatic imine (C=N–C) groups is 1. The van der Waals surface area contributed by atoms with Crippen molar-refractivity contribution in [2.45, 2.75) is 19.3 Å². The van der Waals surface area contributed by atoms with Gasteiger partial charge in [-0.05, 0) is 49.6 Å². The third-order valence-electron chi connectivity index (χ3n) is 4.74. The lowest BCUT2D eigenvalue weighted by Crippen LogP contribution is -2.41. The largest absolute Gasteiger partial charge is 0.324 e. The summed E-state index contributed by atoms with van der Waals surface area (Å²) in [7, 11) is 0. The van der Waals surface area contributed by atoms with Crippen molar-refractivity contribution in [1.82, 2.24) is 0 Å². The minimum atomic E-state index is -0.428. The Kier molecular flexibility index (Phi) is 4.24. The molecule has 1 fully saturated rings. The van der Waals surface area contributed by atoms with E-state index in [0.717, 1.165) is 25.0 Å². The van der Waals surface area contributed by atoms with Gasteiger partial charge in [0.15, 0.2) is 0 Å². The predicted molar refractivity (Wildman–Crippen MR) is 98.3 cm³/mol. The summed E-state index contributed by atoms with van der Waals surface area (Å²) < 4.78 is 13.3. The van der Waals surface area contributed by atoms with Crippen LogP contribution in [0.1, 0.15) is 19.3 Å². The lowest BCUT2D eigenvalue weighted by atomic mass is 10.1. The lowest BCUT2D eigenvalue weighted by Gasteiger charge is -2.24. The summed E-state index contributed by atoms with van der Waals surface area (Å²) in [5.74, 6) is -1.16. The number of rotatable bonds is 3. The molecule has 1 N–H and O–H groups in total. The normalized spacial score (nSPS) is 18.7. The first-order chi connectivity index (χ1) is 12.6. The molecule has 0 aromatic heterocycles. The van der Waals surface area contributed by atoms with Gasteiger partial charge in [0.25, 0.3) is 0 Å². The highest BCUT2D eigenvalue weighted by Crippen LogP contribution is 2.37. The second-order valence-corrected chi connectivity index (χ2v) is 6.52. The Morgan fingerprint density at radius 1 is 1.23 bits per heavy atom. The molecule has 1 unspecified atom stereocenters. The number of anilines is 2. The molecule has 1 atom stereocenters. The first-order valence-corrected chi connectivity index (χ1v) is 8.65. The number of nitrogens with zero attached hydrogens (tertiary/aromatic N) is 2. The predicted octanol–water partition coefficient (Wildman–Crippen LogP) is 3.68. The summed E-state index contributed by atoms with van der Waals surface area (Å²) in [6.07, 6.45) is 2.50. The standard InChI is InChI=1S/C20H18FN3O2/c21-13-5-3-6-14(11-13)22-19(25)12-24-18-10-2-1-8-17(18)23-16-9-4-7-15(16)20(24)26/h1-3,5-6,8,10-11,15H,4,7,9,12H2,(H,22,25). The van der Waals surface area contributed by atoms with Gasteiger partial charge in [0.1, 0.15) is 12.4 Å². The van der Waals surface area contributed by atoms with E-state index >= 15 is 0 Å². The van der Waals surface area contributed by atoms with Gasteiger partial charge in [-0.1, -0.05) is 18.2 Å². The van der Waals surface area contributed by atoms with Gasteiger partial charge in [0.2, 0.25) is 11.8 Å². The summed E-state index contributed by atoms with van der Waals surface area (Å²) in [5.41, 5.74) is 2.60. The van der Waals surface area contributed by atoms with Gasteiger partial charge in [-0.3, -0.25) is 14.6 Å². The van der Waals surface area contributed by atoms with Crippen LogP contribution in [0.3, 0.4) is 0 Å². The molecule has 0 bridgehead atoms. The van der Waals surface area contributed by atoms with Crippen molar-refractivity contribution in [3.8, 4) is 0 Å². The van der Waals surface area contributed by atoms with E-state index in [1.807, 2.05) is 18.2 Å². The maximum absolute atomic E-state index is 13.3. The first-order valence-electron chi connectivity index (χ1n) is 8.65. The SMILES string of the molecule is O=C(CN1C(=O)C2CCCC2=Nc2ccccc21)Nc1cccc(F)c1. The minimum Gasteiger partial charge on any atom is -0.324 e. The van der Waals surface area contributed by atoms with E-state index in [4.69, 9.17) is 0 Å². The second-order valence-electron chi connectivity index (χ2n) is 6.52. The monoisotopic (exact) mass is 351 g/mol. The van der Waals surface area contributed by atoms with Crippen molar-refractivity contribution in [3.05, 3.63) is 54.3 Å². The van der Waals surface area contributed by atoms with Crippen LogP contribution in [0.15, 0.2) is 53.5 Å². The van der Waals surface area contributed by atoms with Gasteiger partial charge in [0, 0.05) is 11.4 Å². The van der Waals surface area contributed by atoms with Crippen LogP contribution in [0.25, 0.3) is 0 Å². The maximum Gasteiger partial charge on any atom is 0.244 e. The van der Waals surface area contributed by atoms with E-state index in [0.29, 0.717) is 17.1 Å². The highest BCUT2D eigenvalue weighted by atomic mass is 19.1. The van der Waals surface area contributed by atoms with Crippen LogP contribution in [0.4, 0.5) is 21.5 Å². The molecule has 132 valence electrons. The molecule has 4 rings (SSSR count). The molecule has 2 aromatic carbocycles. The van der Waals surface area contributed by atoms with E-state index in [-0.39, 0.29) is 24.3 Å². The third-order valence-corrected chi connectivity index (χ3v) is 4.74. The molecule has 26 heavy (non-hydrogen) atoms. The molecule has 2 amide bonds. The van der Waals surface area contributed by atoms with Crippen molar-refractivity contribution < 1.29 is 14.0 Å². The summed E-state index contributed by atoms with van der Waals surface area (Å²) in [6.45, 7) is -0.133. The van der Waals surface area contributed by atoms with Crippen LogP contribution >= 0.6 is 0 Å². The Hall–Kier alpha value is -3.02. The Morgan fingerprint density at radius 3 is 2.92 bits per heavy atom. The fourth-order valence-electron chi connectivity index (χ4n) is 3.55. The number of halogens is 1. The first kappa shape index (κ1) is 16.4. The molecule has 1 aliphatic carbocycles. The fraction of sp³-hybridized carbons (Fsp3) is 0.250. The van der Waals surface area contributed by atoms with Crippen molar-refractivity contribution in [3.63, 3.8) is 0 Å². The highest BCUT2D eigenvalue weighted by Gasteiger charge is 2.37. The van der Waals surface area contributed by atoms with E-state index in [2.05, 4.69) is 10.3 Å². The molecule has 2 aromatic rings. The minimum absolute atomic E-state index is 0.0967. The van der Waals surface area contributed by atoms with Crippen LogP contribution in [0.5, 0.6) is 0 Å². The number of fused-ring (bicyclic) bond motifs is 2. The fourth-order valence-corrected chi connectivity index (χ4v) is 3.55. The number of para-hydroxylation sites is 2. The third kappa shape index (κ3) is 3.10. The number of carbonyl (C=O) groups is 2. The van der Waals surface area contributed by atoms with Crippen molar-refractivity contribution >= 4 is 34.6 Å². The Balaban J connectivity index is 1.61. The lowest BCUT2D eigenvalue weighted by molar-refractivity contribution is -0.122. The molecule has 5 nitrogen and oxygen atoms in total. The molecular formula is C20H18FN3O2. The van der Waals surface area contributed by atoms with Crippen LogP contribution in [0, 0.1) is 11.7 Å². The van der Waals surface area contributed by atoms with E-state index in [9.17, 15) is 14.0 Å². The molecular weight excluding hydrogens is 333 g/mol. The number of hydrogen-bond donors (Lipinski definition) is 1. The summed E-state index contributed by atoms with van der Waals surface area (Å²) in [4.78, 5) is 31.7. The molecule has 2 aliphatic rings. The quantitative estimate of drug-likeness (QED) is 0.917. The Bertz CT molecular complexity index is 909. The van der Waals surface area contributed by atoms with Crippen LogP contribution in [-0.4, -0.2) is 24.1 Å². The van der Waals surface area contributed by atoms with Gasteiger partial charge >= 0.3 is 0 Å². The van der Waals surface area contributed by atoms with Crippen LogP contribution in [0.2, 0.25) is 0 Å². The maximum atomic E-state index is 13.3. The van der Waals surface area contributed by atoms with Gasteiger partial charge in [-0.2, -0.15) is 0 Å². The smallest absolute Gasteiger partial charge is 0.244 e. The molecule has 0 saturated heterocycles. The zero-order chi connectivity index (χ0) is 18.1. The van der Waals surface area contributed by atoms with E-state index < -0.39 is 5.82 Å². The van der Waals surface area contributed by atoms with Crippen LogP contribution in [-0.2, 0) is 9.59 Å². The number of carbonyl (C=O) groups excluding carboxylic acids is 2. The average Bonchev–Trinajstić information content (AvgIpc) is 3.04. The highest BCUT2D eigenvalue weighted by molar-refractivity contribution is 6.16. The summed E-state index contributed by atoms with van der Waals surface area (Å²) in [6, 6.07) is 13.0.